The number of pyridine rings is 1. The highest BCUT2D eigenvalue weighted by Crippen LogP contribution is 2.20. The van der Waals surface area contributed by atoms with Crippen LogP contribution in [0.1, 0.15) is 39.2 Å². The summed E-state index contributed by atoms with van der Waals surface area (Å²) in [5.74, 6) is 0.145. The fourth-order valence-electron chi connectivity index (χ4n) is 3.05. The molecule has 0 saturated carbocycles. The van der Waals surface area contributed by atoms with Gasteiger partial charge in [-0.3, -0.25) is 9.78 Å². The minimum atomic E-state index is 0.145. The standard InChI is InChI=1S/C22H33N3O/c1-22(2,3)11-8-12-24(4)13-14-25(5)21(26)15-19-17-23-16-18-9-6-7-10-20(18)19/h6-7,9-10,16-17H,8,11-15H2,1-5H3. The van der Waals surface area contributed by atoms with Gasteiger partial charge in [0.1, 0.15) is 0 Å². The average molecular weight is 356 g/mol. The van der Waals surface area contributed by atoms with Gasteiger partial charge in [-0.25, -0.2) is 0 Å². The average Bonchev–Trinajstić information content (AvgIpc) is 2.58. The van der Waals surface area contributed by atoms with Gasteiger partial charge >= 0.3 is 0 Å². The molecule has 0 fully saturated rings. The van der Waals surface area contributed by atoms with Gasteiger partial charge in [-0.05, 0) is 42.8 Å². The molecule has 4 heteroatoms. The Bertz CT molecular complexity index is 715. The van der Waals surface area contributed by atoms with Crippen LogP contribution in [-0.2, 0) is 11.2 Å². The first-order chi connectivity index (χ1) is 12.3. The third-order valence-electron chi connectivity index (χ3n) is 4.80. The van der Waals surface area contributed by atoms with Crippen molar-refractivity contribution in [2.75, 3.05) is 33.7 Å². The molecule has 0 aliphatic rings. The monoisotopic (exact) mass is 355 g/mol. The lowest BCUT2D eigenvalue weighted by Gasteiger charge is -2.24. The number of amides is 1. The molecule has 0 aliphatic heterocycles. The molecule has 142 valence electrons. The molecule has 0 unspecified atom stereocenters. The fraction of sp³-hybridized carbons (Fsp3) is 0.545. The molecule has 1 amide bonds. The van der Waals surface area contributed by atoms with E-state index >= 15 is 0 Å². The van der Waals surface area contributed by atoms with E-state index in [0.29, 0.717) is 11.8 Å². The van der Waals surface area contributed by atoms with E-state index in [1.54, 1.807) is 0 Å². The summed E-state index contributed by atoms with van der Waals surface area (Å²) in [4.78, 5) is 21.0. The minimum Gasteiger partial charge on any atom is -0.344 e. The number of carbonyl (C=O) groups is 1. The first kappa shape index (κ1) is 20.4. The summed E-state index contributed by atoms with van der Waals surface area (Å²) in [6.45, 7) is 9.57. The number of hydrogen-bond donors (Lipinski definition) is 0. The summed E-state index contributed by atoms with van der Waals surface area (Å²) in [7, 11) is 4.03. The Kier molecular flexibility index (Phi) is 7.15. The second-order valence-electron chi connectivity index (χ2n) is 8.48. The normalized spacial score (nSPS) is 11.9. The van der Waals surface area contributed by atoms with E-state index in [1.165, 1.54) is 12.8 Å². The van der Waals surface area contributed by atoms with Gasteiger partial charge in [0.25, 0.3) is 0 Å². The van der Waals surface area contributed by atoms with Gasteiger partial charge in [0.05, 0.1) is 6.42 Å². The first-order valence-electron chi connectivity index (χ1n) is 9.50. The number of hydrogen-bond acceptors (Lipinski definition) is 3. The van der Waals surface area contributed by atoms with E-state index < -0.39 is 0 Å². The van der Waals surface area contributed by atoms with E-state index in [1.807, 2.05) is 42.5 Å². The maximum Gasteiger partial charge on any atom is 0.226 e. The summed E-state index contributed by atoms with van der Waals surface area (Å²) in [6.07, 6.45) is 6.48. The lowest BCUT2D eigenvalue weighted by molar-refractivity contribution is -0.129. The maximum absolute atomic E-state index is 12.6. The van der Waals surface area contributed by atoms with Crippen LogP contribution in [0.15, 0.2) is 36.7 Å². The fourth-order valence-corrected chi connectivity index (χ4v) is 3.05. The van der Waals surface area contributed by atoms with Crippen molar-refractivity contribution >= 4 is 16.7 Å². The molecule has 0 spiro atoms. The Labute approximate surface area is 158 Å². The maximum atomic E-state index is 12.6. The summed E-state index contributed by atoms with van der Waals surface area (Å²) in [5.41, 5.74) is 1.39. The van der Waals surface area contributed by atoms with Crippen molar-refractivity contribution in [2.24, 2.45) is 5.41 Å². The van der Waals surface area contributed by atoms with Crippen LogP contribution < -0.4 is 0 Å². The molecular formula is C22H33N3O. The lowest BCUT2D eigenvalue weighted by atomic mass is 9.90. The topological polar surface area (TPSA) is 36.4 Å². The Balaban J connectivity index is 1.82. The number of benzene rings is 1. The highest BCUT2D eigenvalue weighted by molar-refractivity contribution is 5.89. The number of rotatable bonds is 8. The molecule has 0 N–H and O–H groups in total. The van der Waals surface area contributed by atoms with Crippen molar-refractivity contribution in [1.82, 2.24) is 14.8 Å². The van der Waals surface area contributed by atoms with E-state index in [4.69, 9.17) is 0 Å². The van der Waals surface area contributed by atoms with Crippen LogP contribution in [0.5, 0.6) is 0 Å². The van der Waals surface area contributed by atoms with Gasteiger partial charge in [0.2, 0.25) is 5.91 Å². The molecule has 0 aliphatic carbocycles. The number of nitrogens with zero attached hydrogens (tertiary/aromatic N) is 3. The zero-order valence-corrected chi connectivity index (χ0v) is 17.0. The second kappa shape index (κ2) is 9.13. The smallest absolute Gasteiger partial charge is 0.226 e. The van der Waals surface area contributed by atoms with E-state index in [0.717, 1.165) is 36.0 Å². The number of aromatic nitrogens is 1. The Morgan fingerprint density at radius 3 is 2.50 bits per heavy atom. The van der Waals surface area contributed by atoms with Crippen LogP contribution in [0, 0.1) is 5.41 Å². The zero-order chi connectivity index (χ0) is 19.2. The van der Waals surface area contributed by atoms with Crippen molar-refractivity contribution in [3.05, 3.63) is 42.2 Å². The Morgan fingerprint density at radius 1 is 1.04 bits per heavy atom. The van der Waals surface area contributed by atoms with Crippen LogP contribution >= 0.6 is 0 Å². The molecule has 0 atom stereocenters. The van der Waals surface area contributed by atoms with E-state index in [2.05, 4.69) is 43.8 Å². The summed E-state index contributed by atoms with van der Waals surface area (Å²) < 4.78 is 0. The van der Waals surface area contributed by atoms with Gasteiger partial charge in [0.15, 0.2) is 0 Å². The molecule has 1 aromatic heterocycles. The predicted molar refractivity (Wildman–Crippen MR) is 109 cm³/mol. The Hall–Kier alpha value is -1.94. The highest BCUT2D eigenvalue weighted by atomic mass is 16.2. The molecule has 2 rings (SSSR count). The quantitative estimate of drug-likeness (QED) is 0.718. The van der Waals surface area contributed by atoms with Crippen molar-refractivity contribution < 1.29 is 4.79 Å². The molecule has 26 heavy (non-hydrogen) atoms. The van der Waals surface area contributed by atoms with Gasteiger partial charge in [-0.2, -0.15) is 0 Å². The van der Waals surface area contributed by atoms with E-state index in [9.17, 15) is 4.79 Å². The first-order valence-corrected chi connectivity index (χ1v) is 9.50. The summed E-state index contributed by atoms with van der Waals surface area (Å²) in [6, 6.07) is 8.10. The zero-order valence-electron chi connectivity index (χ0n) is 17.0. The van der Waals surface area contributed by atoms with Crippen molar-refractivity contribution in [3.63, 3.8) is 0 Å². The molecule has 1 aromatic carbocycles. The lowest BCUT2D eigenvalue weighted by Crippen LogP contribution is -2.36. The van der Waals surface area contributed by atoms with Gasteiger partial charge in [-0.1, -0.05) is 45.0 Å². The molecule has 4 nitrogen and oxygen atoms in total. The van der Waals surface area contributed by atoms with Crippen LogP contribution in [-0.4, -0.2) is 54.4 Å². The van der Waals surface area contributed by atoms with Crippen LogP contribution in [0.2, 0.25) is 0 Å². The summed E-state index contributed by atoms with van der Waals surface area (Å²) in [5, 5.41) is 2.20. The number of fused-ring (bicyclic) bond motifs is 1. The second-order valence-corrected chi connectivity index (χ2v) is 8.48. The van der Waals surface area contributed by atoms with Crippen molar-refractivity contribution in [2.45, 2.75) is 40.0 Å². The van der Waals surface area contributed by atoms with Gasteiger partial charge in [0, 0.05) is 37.9 Å². The molecule has 0 saturated heterocycles. The SMILES string of the molecule is CN(CCCC(C)(C)C)CCN(C)C(=O)Cc1cncc2ccccc12. The van der Waals surface area contributed by atoms with Crippen molar-refractivity contribution in [3.8, 4) is 0 Å². The largest absolute Gasteiger partial charge is 0.344 e. The van der Waals surface area contributed by atoms with Crippen LogP contribution in [0.3, 0.4) is 0 Å². The van der Waals surface area contributed by atoms with E-state index in [-0.39, 0.29) is 5.91 Å². The third-order valence-corrected chi connectivity index (χ3v) is 4.80. The van der Waals surface area contributed by atoms with Gasteiger partial charge in [-0.15, -0.1) is 0 Å². The molecule has 2 aromatic rings. The van der Waals surface area contributed by atoms with Gasteiger partial charge < -0.3 is 9.80 Å². The Morgan fingerprint density at radius 2 is 1.77 bits per heavy atom. The molecule has 0 radical (unpaired) electrons. The van der Waals surface area contributed by atoms with Crippen LogP contribution in [0.4, 0.5) is 0 Å². The van der Waals surface area contributed by atoms with Crippen LogP contribution in [0.25, 0.3) is 10.8 Å². The molecule has 0 bridgehead atoms. The third kappa shape index (κ3) is 6.41. The highest BCUT2D eigenvalue weighted by Gasteiger charge is 2.13. The predicted octanol–water partition coefficient (Wildman–Crippen LogP) is 3.99. The molecular weight excluding hydrogens is 322 g/mol. The minimum absolute atomic E-state index is 0.145. The molecule has 1 heterocycles. The number of carbonyl (C=O) groups excluding carboxylic acids is 1. The van der Waals surface area contributed by atoms with Crippen molar-refractivity contribution in [1.29, 1.82) is 0 Å². The number of likely N-dealkylation sites (N-methyl/N-ethyl adjacent to an activating group) is 2. The summed E-state index contributed by atoms with van der Waals surface area (Å²) >= 11 is 0.